The number of methoxy groups -OCH3 is 1. The second kappa shape index (κ2) is 18.4. The number of alkyl carbamates (subject to hydrolysis) is 1. The highest BCUT2D eigenvalue weighted by Crippen LogP contribution is 2.48. The van der Waals surface area contributed by atoms with Crippen LogP contribution in [0.2, 0.25) is 0 Å². The number of carbonyl (C=O) groups is 4. The van der Waals surface area contributed by atoms with E-state index in [0.29, 0.717) is 60.4 Å². The maximum Gasteiger partial charge on any atom is 0.408 e. The molecular formula is C48H64N6O10S. The predicted molar refractivity (Wildman–Crippen MR) is 245 cm³/mol. The zero-order valence-corrected chi connectivity index (χ0v) is 39.8. The number of amides is 4. The highest BCUT2D eigenvalue weighted by molar-refractivity contribution is 7.91. The number of aromatic nitrogens is 2. The van der Waals surface area contributed by atoms with Crippen molar-refractivity contribution in [3.05, 3.63) is 54.7 Å². The van der Waals surface area contributed by atoms with Crippen LogP contribution in [0.1, 0.15) is 107 Å². The fourth-order valence-electron chi connectivity index (χ4n) is 8.83. The van der Waals surface area contributed by atoms with Crippen molar-refractivity contribution >= 4 is 44.6 Å². The normalized spacial score (nSPS) is 26.8. The average Bonchev–Trinajstić information content (AvgIpc) is 4.12. The molecule has 17 heteroatoms. The van der Waals surface area contributed by atoms with Gasteiger partial charge in [-0.05, 0) is 134 Å². The first-order valence-corrected chi connectivity index (χ1v) is 24.3. The van der Waals surface area contributed by atoms with Crippen LogP contribution in [0, 0.1) is 17.8 Å². The molecule has 0 bridgehead atoms. The smallest absolute Gasteiger partial charge is 0.408 e. The fourth-order valence-corrected chi connectivity index (χ4v) is 10.1. The second-order valence-electron chi connectivity index (χ2n) is 19.7. The third-order valence-electron chi connectivity index (χ3n) is 12.9. The molecule has 2 aliphatic heterocycles. The Labute approximate surface area is 382 Å². The van der Waals surface area contributed by atoms with Crippen molar-refractivity contribution in [3.63, 3.8) is 0 Å². The molecule has 0 radical (unpaired) electrons. The summed E-state index contributed by atoms with van der Waals surface area (Å²) >= 11 is 0. The van der Waals surface area contributed by atoms with Crippen LogP contribution in [0.25, 0.3) is 22.2 Å². The van der Waals surface area contributed by atoms with Crippen molar-refractivity contribution in [1.82, 2.24) is 30.2 Å². The molecule has 7 unspecified atom stereocenters. The molecule has 2 saturated carbocycles. The van der Waals surface area contributed by atoms with Crippen LogP contribution < -0.4 is 29.6 Å². The van der Waals surface area contributed by atoms with Gasteiger partial charge in [0.2, 0.25) is 27.7 Å². The van der Waals surface area contributed by atoms with E-state index in [-0.39, 0.29) is 43.2 Å². The van der Waals surface area contributed by atoms with Gasteiger partial charge in [-0.1, -0.05) is 32.4 Å². The summed E-state index contributed by atoms with van der Waals surface area (Å²) in [4.78, 5) is 68.7. The Morgan fingerprint density at radius 3 is 2.43 bits per heavy atom. The molecule has 4 aliphatic rings. The summed E-state index contributed by atoms with van der Waals surface area (Å²) < 4.78 is 51.7. The van der Waals surface area contributed by atoms with Crippen molar-refractivity contribution in [2.24, 2.45) is 17.8 Å². The van der Waals surface area contributed by atoms with E-state index in [0.717, 1.165) is 11.8 Å². The molecule has 1 aromatic carbocycles. The van der Waals surface area contributed by atoms with E-state index in [2.05, 4.69) is 27.3 Å². The number of carbonyl (C=O) groups excluding carboxylic acids is 4. The highest BCUT2D eigenvalue weighted by Gasteiger charge is 2.63. The minimum absolute atomic E-state index is 0.0124. The Morgan fingerprint density at radius 2 is 1.78 bits per heavy atom. The van der Waals surface area contributed by atoms with Crippen LogP contribution >= 0.6 is 0 Å². The molecular weight excluding hydrogens is 853 g/mol. The molecule has 2 aliphatic carbocycles. The minimum Gasteiger partial charge on any atom is -0.497 e. The molecule has 4 heterocycles. The molecule has 3 aromatic rings. The number of benzene rings is 1. The summed E-state index contributed by atoms with van der Waals surface area (Å²) in [6.45, 7) is 14.7. The maximum absolute atomic E-state index is 15.2. The molecule has 16 nitrogen and oxygen atoms in total. The van der Waals surface area contributed by atoms with Gasteiger partial charge in [-0.3, -0.25) is 24.1 Å². The van der Waals surface area contributed by atoms with Crippen molar-refractivity contribution in [2.45, 2.75) is 147 Å². The van der Waals surface area contributed by atoms with E-state index >= 15 is 4.79 Å². The van der Waals surface area contributed by atoms with Gasteiger partial charge in [0.05, 0.1) is 42.1 Å². The summed E-state index contributed by atoms with van der Waals surface area (Å²) in [5.41, 5.74) is -1.37. The Kier molecular flexibility index (Phi) is 13.5. The van der Waals surface area contributed by atoms with Gasteiger partial charge in [0, 0.05) is 17.7 Å². The maximum atomic E-state index is 15.2. The van der Waals surface area contributed by atoms with E-state index in [4.69, 9.17) is 23.9 Å². The molecule has 3 N–H and O–H groups in total. The van der Waals surface area contributed by atoms with Gasteiger partial charge in [0.1, 0.15) is 40.8 Å². The monoisotopic (exact) mass is 916 g/mol. The van der Waals surface area contributed by atoms with Gasteiger partial charge in [-0.2, -0.15) is 0 Å². The third-order valence-corrected chi connectivity index (χ3v) is 15.1. The largest absolute Gasteiger partial charge is 0.497 e. The van der Waals surface area contributed by atoms with E-state index < -0.39 is 73.8 Å². The van der Waals surface area contributed by atoms with Crippen LogP contribution in [0.4, 0.5) is 4.79 Å². The van der Waals surface area contributed by atoms with E-state index in [9.17, 15) is 22.8 Å². The van der Waals surface area contributed by atoms with Gasteiger partial charge in [-0.25, -0.2) is 18.2 Å². The molecule has 2 aromatic heterocycles. The highest BCUT2D eigenvalue weighted by atomic mass is 32.2. The molecule has 0 spiro atoms. The number of hydrogen-bond acceptors (Lipinski definition) is 12. The average molecular weight is 917 g/mol. The summed E-state index contributed by atoms with van der Waals surface area (Å²) in [5, 5.41) is 7.22. The van der Waals surface area contributed by atoms with Crippen LogP contribution in [-0.2, 0) is 29.1 Å². The van der Waals surface area contributed by atoms with Crippen LogP contribution in [-0.4, -0.2) is 101 Å². The Bertz CT molecular complexity index is 2430. The zero-order chi connectivity index (χ0) is 47.1. The van der Waals surface area contributed by atoms with E-state index in [1.54, 1.807) is 53.1 Å². The third kappa shape index (κ3) is 10.7. The Balaban J connectivity index is 1.27. The lowest BCUT2D eigenvalue weighted by molar-refractivity contribution is -0.142. The SMILES string of the molecule is CCC1CC(C)CCC=CC2CC2(C(=O)NS(=O)(=O)C2(C)CC2)NC(=O)C2CC(Oc3nc(-c4ccc(OC(C)C)cn4)cc4cc(OC)ccc34)CN2C(=O)C1NC(=O)OC(C)(C)C. The molecule has 7 rings (SSSR count). The van der Waals surface area contributed by atoms with Crippen molar-refractivity contribution in [3.8, 4) is 28.8 Å². The summed E-state index contributed by atoms with van der Waals surface area (Å²) in [6, 6.07) is 8.69. The number of pyridine rings is 2. The summed E-state index contributed by atoms with van der Waals surface area (Å²) in [5.74, 6) is -1.21. The molecule has 3 fully saturated rings. The lowest BCUT2D eigenvalue weighted by Gasteiger charge is -2.34. The quantitative estimate of drug-likeness (QED) is 0.174. The van der Waals surface area contributed by atoms with Crippen molar-refractivity contribution in [1.29, 1.82) is 0 Å². The predicted octanol–water partition coefficient (Wildman–Crippen LogP) is 6.61. The molecule has 4 amide bonds. The first-order valence-electron chi connectivity index (χ1n) is 22.8. The molecule has 1 saturated heterocycles. The number of nitrogens with one attached hydrogen (secondary N) is 3. The number of rotatable bonds is 11. The van der Waals surface area contributed by atoms with Gasteiger partial charge in [0.25, 0.3) is 5.91 Å². The standard InChI is InChI=1S/C48H64N6O10S/c1-10-30-21-29(4)13-11-12-14-32-25-48(32,44(57)53-65(59,60)47(8)19-20-47)52-41(55)39-24-35(27-54(39)43(56)40(30)51-45(58)64-46(5,6)7)63-42-36-17-15-33(61-9)22-31(36)23-38(50-42)37-18-16-34(26-49-37)62-28(2)3/h12,14-18,22-23,26,28-30,32,35,39-40H,10-11,13,19-21,24-25,27H2,1-9H3,(H,51,58)(H,52,55)(H,53,57). The fraction of sp³-hybridized carbons (Fsp3) is 0.583. The lowest BCUT2D eigenvalue weighted by atomic mass is 9.85. The summed E-state index contributed by atoms with van der Waals surface area (Å²) in [7, 11) is -2.46. The number of sulfonamides is 1. The molecule has 7 atom stereocenters. The first kappa shape index (κ1) is 47.5. The molecule has 65 heavy (non-hydrogen) atoms. The Morgan fingerprint density at radius 1 is 1.05 bits per heavy atom. The number of hydrogen-bond donors (Lipinski definition) is 3. The lowest BCUT2D eigenvalue weighted by Crippen LogP contribution is -2.59. The van der Waals surface area contributed by atoms with Gasteiger partial charge < -0.3 is 34.5 Å². The Hall–Kier alpha value is -5.45. The zero-order valence-electron chi connectivity index (χ0n) is 38.9. The van der Waals surface area contributed by atoms with Gasteiger partial charge in [-0.15, -0.1) is 0 Å². The van der Waals surface area contributed by atoms with Gasteiger partial charge in [0.15, 0.2) is 0 Å². The number of nitrogens with zero attached hydrogens (tertiary/aromatic N) is 3. The number of allylic oxidation sites excluding steroid dienone is 1. The van der Waals surface area contributed by atoms with Crippen LogP contribution in [0.15, 0.2) is 54.7 Å². The van der Waals surface area contributed by atoms with E-state index in [1.165, 1.54) is 4.90 Å². The first-order chi connectivity index (χ1) is 30.6. The van der Waals surface area contributed by atoms with E-state index in [1.807, 2.05) is 57.2 Å². The number of ether oxygens (including phenoxy) is 4. The minimum atomic E-state index is -4.04. The second-order valence-corrected chi connectivity index (χ2v) is 21.9. The van der Waals surface area contributed by atoms with Gasteiger partial charge >= 0.3 is 6.09 Å². The van der Waals surface area contributed by atoms with Crippen molar-refractivity contribution in [2.75, 3.05) is 13.7 Å². The molecule has 352 valence electrons. The van der Waals surface area contributed by atoms with Crippen molar-refractivity contribution < 1.29 is 46.5 Å². The number of fused-ring (bicyclic) bond motifs is 3. The topological polar surface area (TPSA) is 204 Å². The summed E-state index contributed by atoms with van der Waals surface area (Å²) in [6.07, 6.45) is 7.43. The van der Waals surface area contributed by atoms with Crippen LogP contribution in [0.5, 0.6) is 17.4 Å². The van der Waals surface area contributed by atoms with Crippen LogP contribution in [0.3, 0.4) is 0 Å².